The quantitative estimate of drug-likeness (QED) is 0.702. The molecule has 62 valence electrons. The molecular weight excluding hydrogens is 196 g/mol. The summed E-state index contributed by atoms with van der Waals surface area (Å²) in [6.45, 7) is 0. The zero-order valence-corrected chi connectivity index (χ0v) is 7.80. The van der Waals surface area contributed by atoms with Crippen molar-refractivity contribution in [3.8, 4) is 11.3 Å². The number of aryl methyl sites for hydroxylation is 1. The fraction of sp³-hybridized carbons (Fsp3) is 0.167. The van der Waals surface area contributed by atoms with Gasteiger partial charge in [-0.1, -0.05) is 11.6 Å². The van der Waals surface area contributed by atoms with Crippen LogP contribution in [0.4, 0.5) is 0 Å². The highest BCUT2D eigenvalue weighted by atomic mass is 35.5. The first-order valence-corrected chi connectivity index (χ1v) is 4.35. The molecule has 2 rings (SSSR count). The molecule has 0 aliphatic carbocycles. The Morgan fingerprint density at radius 2 is 2.33 bits per heavy atom. The molecule has 0 spiro atoms. The molecule has 0 saturated carbocycles. The number of hydrogen-bond donors (Lipinski definition) is 0. The number of hydrogen-bond acceptors (Lipinski definition) is 4. The lowest BCUT2D eigenvalue weighted by molar-refractivity contribution is 0.768. The monoisotopic (exact) mass is 200 g/mol. The number of nitrogens with zero attached hydrogens (tertiary/aromatic N) is 4. The summed E-state index contributed by atoms with van der Waals surface area (Å²) in [5.41, 5.74) is 1.60. The van der Waals surface area contributed by atoms with Crippen molar-refractivity contribution >= 4 is 23.3 Å². The minimum Gasteiger partial charge on any atom is -0.275 e. The highest BCUT2D eigenvalue weighted by molar-refractivity contribution is 6.99. The average molecular weight is 201 g/mol. The molecule has 2 heterocycles. The van der Waals surface area contributed by atoms with Crippen LogP contribution >= 0.6 is 23.3 Å². The van der Waals surface area contributed by atoms with Gasteiger partial charge in [-0.15, -0.1) is 0 Å². The lowest BCUT2D eigenvalue weighted by atomic mass is 10.3. The van der Waals surface area contributed by atoms with Crippen LogP contribution in [-0.4, -0.2) is 18.5 Å². The molecule has 12 heavy (non-hydrogen) atoms. The van der Waals surface area contributed by atoms with E-state index in [1.165, 1.54) is 0 Å². The fourth-order valence-electron chi connectivity index (χ4n) is 0.893. The molecule has 0 aliphatic heterocycles. The van der Waals surface area contributed by atoms with Crippen LogP contribution in [0.2, 0.25) is 5.15 Å². The topological polar surface area (TPSA) is 43.6 Å². The summed E-state index contributed by atoms with van der Waals surface area (Å²) in [6, 6.07) is 0. The van der Waals surface area contributed by atoms with Crippen LogP contribution in [0.15, 0.2) is 12.4 Å². The molecule has 2 aromatic rings. The molecule has 4 nitrogen and oxygen atoms in total. The average Bonchev–Trinajstić information content (AvgIpc) is 2.58. The van der Waals surface area contributed by atoms with E-state index in [1.54, 1.807) is 10.9 Å². The van der Waals surface area contributed by atoms with Gasteiger partial charge in [0.15, 0.2) is 5.15 Å². The molecule has 6 heteroatoms. The van der Waals surface area contributed by atoms with E-state index in [1.807, 2.05) is 13.2 Å². The lowest BCUT2D eigenvalue weighted by Gasteiger charge is -1.86. The predicted molar refractivity (Wildman–Crippen MR) is 47.1 cm³/mol. The second-order valence-corrected chi connectivity index (χ2v) is 3.19. The first-order chi connectivity index (χ1) is 5.77. The van der Waals surface area contributed by atoms with E-state index in [0.29, 0.717) is 10.8 Å². The molecule has 0 radical (unpaired) electrons. The summed E-state index contributed by atoms with van der Waals surface area (Å²) in [4.78, 5) is 0. The van der Waals surface area contributed by atoms with Gasteiger partial charge in [0.2, 0.25) is 0 Å². The summed E-state index contributed by atoms with van der Waals surface area (Å²) in [6.07, 6.45) is 3.56. The van der Waals surface area contributed by atoms with Gasteiger partial charge in [0.25, 0.3) is 0 Å². The van der Waals surface area contributed by atoms with Crippen molar-refractivity contribution in [2.24, 2.45) is 7.05 Å². The molecule has 0 aliphatic rings. The summed E-state index contributed by atoms with van der Waals surface area (Å²) in [7, 11) is 1.84. The third kappa shape index (κ3) is 1.21. The summed E-state index contributed by atoms with van der Waals surface area (Å²) < 4.78 is 9.61. The van der Waals surface area contributed by atoms with Crippen molar-refractivity contribution in [3.63, 3.8) is 0 Å². The molecule has 0 saturated heterocycles. The summed E-state index contributed by atoms with van der Waals surface area (Å²) in [5.74, 6) is 0. The molecule has 0 unspecified atom stereocenters. The Kier molecular flexibility index (Phi) is 1.82. The van der Waals surface area contributed by atoms with Crippen LogP contribution in [0.1, 0.15) is 0 Å². The first-order valence-electron chi connectivity index (χ1n) is 3.24. The Labute approximate surface area is 78.1 Å². The van der Waals surface area contributed by atoms with Gasteiger partial charge in [-0.3, -0.25) is 4.68 Å². The minimum atomic E-state index is 0.438. The molecule has 0 fully saturated rings. The largest absolute Gasteiger partial charge is 0.275 e. The highest BCUT2D eigenvalue weighted by Gasteiger charge is 2.08. The Bertz CT molecular complexity index is 394. The van der Waals surface area contributed by atoms with Crippen molar-refractivity contribution in [2.45, 2.75) is 0 Å². The molecule has 0 atom stereocenters. The van der Waals surface area contributed by atoms with Crippen molar-refractivity contribution in [1.29, 1.82) is 0 Å². The van der Waals surface area contributed by atoms with E-state index in [-0.39, 0.29) is 0 Å². The van der Waals surface area contributed by atoms with E-state index < -0.39 is 0 Å². The molecule has 0 bridgehead atoms. The Morgan fingerprint density at radius 1 is 1.50 bits per heavy atom. The van der Waals surface area contributed by atoms with Crippen LogP contribution in [0.25, 0.3) is 11.3 Å². The first kappa shape index (κ1) is 7.70. The normalized spacial score (nSPS) is 10.5. The van der Waals surface area contributed by atoms with Gasteiger partial charge >= 0.3 is 0 Å². The van der Waals surface area contributed by atoms with Crippen molar-refractivity contribution in [1.82, 2.24) is 18.5 Å². The maximum absolute atomic E-state index is 5.78. The van der Waals surface area contributed by atoms with Gasteiger partial charge in [0.1, 0.15) is 5.69 Å². The maximum Gasteiger partial charge on any atom is 0.170 e. The van der Waals surface area contributed by atoms with Gasteiger partial charge in [0, 0.05) is 18.8 Å². The van der Waals surface area contributed by atoms with Crippen LogP contribution in [-0.2, 0) is 7.05 Å². The SMILES string of the molecule is Cn1cc(-c2nsnc2Cl)cn1. The summed E-state index contributed by atoms with van der Waals surface area (Å²) in [5, 5.41) is 4.45. The minimum absolute atomic E-state index is 0.438. The smallest absolute Gasteiger partial charge is 0.170 e. The lowest BCUT2D eigenvalue weighted by Crippen LogP contribution is -1.84. The Hall–Kier alpha value is -0.940. The standard InChI is InChI=1S/C6H5ClN4S/c1-11-3-4(2-8-11)5-6(7)10-12-9-5/h2-3H,1H3. The van der Waals surface area contributed by atoms with Gasteiger partial charge in [0.05, 0.1) is 17.9 Å². The van der Waals surface area contributed by atoms with Crippen molar-refractivity contribution in [3.05, 3.63) is 17.5 Å². The molecule has 0 aromatic carbocycles. The third-order valence-corrected chi connectivity index (χ3v) is 2.32. The second-order valence-electron chi connectivity index (χ2n) is 2.31. The zero-order chi connectivity index (χ0) is 8.55. The van der Waals surface area contributed by atoms with Crippen molar-refractivity contribution < 1.29 is 0 Å². The van der Waals surface area contributed by atoms with E-state index >= 15 is 0 Å². The number of aromatic nitrogens is 4. The molecule has 0 N–H and O–H groups in total. The highest BCUT2D eigenvalue weighted by Crippen LogP contribution is 2.24. The third-order valence-electron chi connectivity index (χ3n) is 1.43. The molecule has 0 amide bonds. The summed E-state index contributed by atoms with van der Waals surface area (Å²) >= 11 is 6.88. The van der Waals surface area contributed by atoms with E-state index in [4.69, 9.17) is 11.6 Å². The predicted octanol–water partition coefficient (Wildman–Crippen LogP) is 1.59. The van der Waals surface area contributed by atoms with E-state index in [9.17, 15) is 0 Å². The van der Waals surface area contributed by atoms with E-state index in [0.717, 1.165) is 17.3 Å². The van der Waals surface area contributed by atoms with Crippen LogP contribution < -0.4 is 0 Å². The van der Waals surface area contributed by atoms with Gasteiger partial charge < -0.3 is 0 Å². The fourth-order valence-corrected chi connectivity index (χ4v) is 1.66. The van der Waals surface area contributed by atoms with Gasteiger partial charge in [-0.2, -0.15) is 13.8 Å². The molecule has 2 aromatic heterocycles. The van der Waals surface area contributed by atoms with Gasteiger partial charge in [-0.05, 0) is 0 Å². The molecular formula is C6H5ClN4S. The van der Waals surface area contributed by atoms with Gasteiger partial charge in [-0.25, -0.2) is 0 Å². The number of rotatable bonds is 1. The van der Waals surface area contributed by atoms with Crippen LogP contribution in [0.5, 0.6) is 0 Å². The number of halogens is 1. The zero-order valence-electron chi connectivity index (χ0n) is 6.23. The van der Waals surface area contributed by atoms with Crippen molar-refractivity contribution in [2.75, 3.05) is 0 Å². The Balaban J connectivity index is 2.50. The van der Waals surface area contributed by atoms with E-state index in [2.05, 4.69) is 13.8 Å². The second kappa shape index (κ2) is 2.84. The van der Waals surface area contributed by atoms with Crippen LogP contribution in [0.3, 0.4) is 0 Å². The van der Waals surface area contributed by atoms with Crippen LogP contribution in [0, 0.1) is 0 Å². The Morgan fingerprint density at radius 3 is 2.83 bits per heavy atom. The maximum atomic E-state index is 5.78.